The van der Waals surface area contributed by atoms with Gasteiger partial charge in [-0.25, -0.2) is 0 Å². The molecule has 56 valence electrons. The number of hydrogen-bond donors (Lipinski definition) is 1. The summed E-state index contributed by atoms with van der Waals surface area (Å²) in [5.41, 5.74) is 2.62. The molecule has 1 rings (SSSR count). The lowest BCUT2D eigenvalue weighted by Crippen LogP contribution is -1.90. The molecule has 0 aromatic carbocycles. The van der Waals surface area contributed by atoms with E-state index in [0.717, 1.165) is 0 Å². The molecule has 1 unspecified atom stereocenters. The summed E-state index contributed by atoms with van der Waals surface area (Å²) in [5, 5.41) is 0. The van der Waals surface area contributed by atoms with Crippen molar-refractivity contribution >= 4 is 0 Å². The number of aromatic nitrogens is 1. The molecule has 1 heteroatoms. The fraction of sp³-hybridized carbons (Fsp3) is 0.556. The van der Waals surface area contributed by atoms with Crippen molar-refractivity contribution in [1.82, 2.24) is 4.98 Å². The van der Waals surface area contributed by atoms with Crippen molar-refractivity contribution in [3.05, 3.63) is 23.5 Å². The molecule has 0 radical (unpaired) electrons. The van der Waals surface area contributed by atoms with Crippen LogP contribution in [0.5, 0.6) is 0 Å². The van der Waals surface area contributed by atoms with Gasteiger partial charge in [-0.3, -0.25) is 0 Å². The molecule has 0 aliphatic carbocycles. The first-order valence-electron chi connectivity index (χ1n) is 3.89. The molecule has 0 saturated heterocycles. The molecule has 0 saturated carbocycles. The lowest BCUT2D eigenvalue weighted by atomic mass is 10.1. The molecule has 1 atom stereocenters. The van der Waals surface area contributed by atoms with Crippen LogP contribution in [0, 0.1) is 6.92 Å². The predicted octanol–water partition coefficient (Wildman–Crippen LogP) is 2.84. The topological polar surface area (TPSA) is 15.8 Å². The van der Waals surface area contributed by atoms with Crippen LogP contribution < -0.4 is 0 Å². The largest absolute Gasteiger partial charge is 0.362 e. The van der Waals surface area contributed by atoms with Gasteiger partial charge in [-0.05, 0) is 31.4 Å². The van der Waals surface area contributed by atoms with Crippen molar-refractivity contribution in [2.75, 3.05) is 0 Å². The summed E-state index contributed by atoms with van der Waals surface area (Å²) in [4.78, 5) is 3.33. The molecule has 10 heavy (non-hydrogen) atoms. The predicted molar refractivity (Wildman–Crippen MR) is 44.2 cm³/mol. The maximum absolute atomic E-state index is 3.33. The third kappa shape index (κ3) is 1.41. The van der Waals surface area contributed by atoms with E-state index in [1.165, 1.54) is 17.8 Å². The molecule has 1 N–H and O–H groups in total. The van der Waals surface area contributed by atoms with Crippen LogP contribution in [-0.4, -0.2) is 4.98 Å². The molecule has 1 aromatic rings. The average Bonchev–Trinajstić information content (AvgIpc) is 2.34. The second-order valence-electron chi connectivity index (χ2n) is 2.91. The summed E-state index contributed by atoms with van der Waals surface area (Å²) in [6.45, 7) is 6.54. The van der Waals surface area contributed by atoms with Gasteiger partial charge in [0, 0.05) is 11.4 Å². The molecule has 0 spiro atoms. The first-order chi connectivity index (χ1) is 4.74. The second kappa shape index (κ2) is 2.91. The molecule has 0 amide bonds. The van der Waals surface area contributed by atoms with Crippen molar-refractivity contribution in [2.45, 2.75) is 33.1 Å². The zero-order valence-corrected chi connectivity index (χ0v) is 6.94. The van der Waals surface area contributed by atoms with Gasteiger partial charge in [0.1, 0.15) is 0 Å². The molecule has 0 aliphatic rings. The van der Waals surface area contributed by atoms with E-state index in [1.54, 1.807) is 0 Å². The average molecular weight is 137 g/mol. The highest BCUT2D eigenvalue weighted by Crippen LogP contribution is 2.16. The van der Waals surface area contributed by atoms with Gasteiger partial charge in [0.2, 0.25) is 0 Å². The standard InChI is InChI=1S/C9H15N/c1-4-7(2)9-6-5-8(3)10-9/h5-7,10H,4H2,1-3H3. The van der Waals surface area contributed by atoms with Crippen molar-refractivity contribution in [2.24, 2.45) is 0 Å². The third-order valence-electron chi connectivity index (χ3n) is 2.00. The quantitative estimate of drug-likeness (QED) is 0.645. The summed E-state index contributed by atoms with van der Waals surface area (Å²) in [7, 11) is 0. The second-order valence-corrected chi connectivity index (χ2v) is 2.91. The van der Waals surface area contributed by atoms with Crippen molar-refractivity contribution in [3.63, 3.8) is 0 Å². The Balaban J connectivity index is 2.74. The fourth-order valence-electron chi connectivity index (χ4n) is 1.03. The van der Waals surface area contributed by atoms with E-state index in [2.05, 4.69) is 37.9 Å². The van der Waals surface area contributed by atoms with Crippen molar-refractivity contribution in [3.8, 4) is 0 Å². The minimum absolute atomic E-state index is 0.675. The Hall–Kier alpha value is -0.720. The number of nitrogens with one attached hydrogen (secondary N) is 1. The normalized spacial score (nSPS) is 13.5. The lowest BCUT2D eigenvalue weighted by Gasteiger charge is -2.03. The van der Waals surface area contributed by atoms with Gasteiger partial charge in [-0.15, -0.1) is 0 Å². The Labute approximate surface area is 62.5 Å². The molecule has 0 bridgehead atoms. The van der Waals surface area contributed by atoms with Crippen LogP contribution in [0.3, 0.4) is 0 Å². The lowest BCUT2D eigenvalue weighted by molar-refractivity contribution is 0.711. The maximum Gasteiger partial charge on any atom is 0.0177 e. The van der Waals surface area contributed by atoms with Crippen LogP contribution in [0.1, 0.15) is 37.6 Å². The molecular weight excluding hydrogens is 122 g/mol. The molecule has 1 heterocycles. The zero-order valence-electron chi connectivity index (χ0n) is 6.94. The summed E-state index contributed by atoms with van der Waals surface area (Å²) in [5.74, 6) is 0.675. The fourth-order valence-corrected chi connectivity index (χ4v) is 1.03. The number of aryl methyl sites for hydroxylation is 1. The summed E-state index contributed by atoms with van der Waals surface area (Å²) >= 11 is 0. The molecule has 0 fully saturated rings. The summed E-state index contributed by atoms with van der Waals surface area (Å²) < 4.78 is 0. The van der Waals surface area contributed by atoms with E-state index >= 15 is 0 Å². The van der Waals surface area contributed by atoms with Gasteiger partial charge < -0.3 is 4.98 Å². The van der Waals surface area contributed by atoms with Crippen LogP contribution in [0.4, 0.5) is 0 Å². The highest BCUT2D eigenvalue weighted by atomic mass is 14.7. The highest BCUT2D eigenvalue weighted by Gasteiger charge is 2.02. The first kappa shape index (κ1) is 7.39. The van der Waals surface area contributed by atoms with E-state index < -0.39 is 0 Å². The minimum atomic E-state index is 0.675. The number of aromatic amines is 1. The minimum Gasteiger partial charge on any atom is -0.362 e. The number of H-pyrrole nitrogens is 1. The first-order valence-corrected chi connectivity index (χ1v) is 3.89. The van der Waals surface area contributed by atoms with Crippen LogP contribution in [-0.2, 0) is 0 Å². The van der Waals surface area contributed by atoms with Crippen LogP contribution in [0.15, 0.2) is 12.1 Å². The number of rotatable bonds is 2. The van der Waals surface area contributed by atoms with Crippen molar-refractivity contribution < 1.29 is 0 Å². The van der Waals surface area contributed by atoms with Gasteiger partial charge >= 0.3 is 0 Å². The maximum atomic E-state index is 3.33. The third-order valence-corrected chi connectivity index (χ3v) is 2.00. The van der Waals surface area contributed by atoms with Gasteiger partial charge in [0.15, 0.2) is 0 Å². The van der Waals surface area contributed by atoms with Crippen LogP contribution in [0.2, 0.25) is 0 Å². The Morgan fingerprint density at radius 3 is 2.60 bits per heavy atom. The van der Waals surface area contributed by atoms with Gasteiger partial charge in [0.25, 0.3) is 0 Å². The molecular formula is C9H15N. The van der Waals surface area contributed by atoms with E-state index in [1.807, 2.05) is 0 Å². The van der Waals surface area contributed by atoms with Gasteiger partial charge in [0.05, 0.1) is 0 Å². The highest BCUT2D eigenvalue weighted by molar-refractivity contribution is 5.14. The van der Waals surface area contributed by atoms with E-state index in [9.17, 15) is 0 Å². The van der Waals surface area contributed by atoms with E-state index in [0.29, 0.717) is 5.92 Å². The molecule has 1 aromatic heterocycles. The molecule has 1 nitrogen and oxygen atoms in total. The van der Waals surface area contributed by atoms with Gasteiger partial charge in [-0.2, -0.15) is 0 Å². The molecule has 0 aliphatic heterocycles. The monoisotopic (exact) mass is 137 g/mol. The Kier molecular flexibility index (Phi) is 2.15. The van der Waals surface area contributed by atoms with Crippen LogP contribution >= 0.6 is 0 Å². The number of hydrogen-bond acceptors (Lipinski definition) is 0. The zero-order chi connectivity index (χ0) is 7.56. The van der Waals surface area contributed by atoms with E-state index in [-0.39, 0.29) is 0 Å². The Morgan fingerprint density at radius 1 is 1.50 bits per heavy atom. The SMILES string of the molecule is CCC(C)c1ccc(C)[nH]1. The van der Waals surface area contributed by atoms with Crippen LogP contribution in [0.25, 0.3) is 0 Å². The summed E-state index contributed by atoms with van der Waals surface area (Å²) in [6, 6.07) is 4.30. The smallest absolute Gasteiger partial charge is 0.0177 e. The Morgan fingerprint density at radius 2 is 2.20 bits per heavy atom. The Bertz CT molecular complexity index is 200. The van der Waals surface area contributed by atoms with Crippen molar-refractivity contribution in [1.29, 1.82) is 0 Å². The summed E-state index contributed by atoms with van der Waals surface area (Å²) in [6.07, 6.45) is 1.21. The van der Waals surface area contributed by atoms with E-state index in [4.69, 9.17) is 0 Å². The van der Waals surface area contributed by atoms with Gasteiger partial charge in [-0.1, -0.05) is 13.8 Å².